The van der Waals surface area contributed by atoms with Crippen LogP contribution in [0.25, 0.3) is 5.70 Å². The quantitative estimate of drug-likeness (QED) is 0.592. The third-order valence-corrected chi connectivity index (χ3v) is 6.19. The Bertz CT molecular complexity index is 1180. The van der Waals surface area contributed by atoms with Crippen LogP contribution in [0.1, 0.15) is 40.3 Å². The minimum Gasteiger partial charge on any atom is -0.475 e. The molecule has 1 saturated carbocycles. The average Bonchev–Trinajstić information content (AvgIpc) is 3.60. The van der Waals surface area contributed by atoms with E-state index in [1.165, 1.54) is 24.5 Å². The van der Waals surface area contributed by atoms with Gasteiger partial charge in [-0.3, -0.25) is 9.79 Å². The number of nitrogens with two attached hydrogens (primary N) is 1. The van der Waals surface area contributed by atoms with E-state index in [1.54, 1.807) is 30.0 Å². The average molecular weight is 486 g/mol. The number of allylic oxidation sites excluding steroid dienone is 1. The number of carbonyl (C=O) groups excluding carboxylic acids is 1. The van der Waals surface area contributed by atoms with Gasteiger partial charge in [-0.2, -0.15) is 13.2 Å². The minimum atomic E-state index is -4.56. The van der Waals surface area contributed by atoms with Crippen LogP contribution in [0, 0.1) is 18.8 Å². The SMILES string of the molecule is C=C(N=C/C=C\N)c1ccc(C)nc1C(=O)N1C[C@@H]2C[C@@H]2CC1COc1cccc(C(F)(F)F)n1. The van der Waals surface area contributed by atoms with Crippen molar-refractivity contribution >= 4 is 17.8 Å². The molecule has 0 bridgehead atoms. The Labute approximate surface area is 201 Å². The van der Waals surface area contributed by atoms with E-state index < -0.39 is 11.9 Å². The van der Waals surface area contributed by atoms with Crippen molar-refractivity contribution in [3.05, 3.63) is 71.8 Å². The first-order valence-corrected chi connectivity index (χ1v) is 11.2. The maximum atomic E-state index is 13.7. The van der Waals surface area contributed by atoms with E-state index in [-0.39, 0.29) is 30.1 Å². The summed E-state index contributed by atoms with van der Waals surface area (Å²) in [5, 5.41) is 0. The van der Waals surface area contributed by atoms with Crippen molar-refractivity contribution in [3.8, 4) is 5.88 Å². The molecule has 7 nitrogen and oxygen atoms in total. The molecule has 3 atom stereocenters. The summed E-state index contributed by atoms with van der Waals surface area (Å²) in [6.45, 7) is 6.31. The number of likely N-dealkylation sites (tertiary alicyclic amines) is 1. The Morgan fingerprint density at radius 3 is 2.80 bits per heavy atom. The van der Waals surface area contributed by atoms with E-state index in [9.17, 15) is 18.0 Å². The Kier molecular flexibility index (Phi) is 6.90. The molecule has 2 aromatic heterocycles. The molecular formula is C25H26F3N5O2. The molecule has 2 aromatic rings. The number of halogens is 3. The number of nitrogens with zero attached hydrogens (tertiary/aromatic N) is 4. The van der Waals surface area contributed by atoms with Crippen LogP contribution in [-0.2, 0) is 6.18 Å². The van der Waals surface area contributed by atoms with E-state index in [0.29, 0.717) is 41.8 Å². The molecule has 3 heterocycles. The Morgan fingerprint density at radius 1 is 1.26 bits per heavy atom. The lowest BCUT2D eigenvalue weighted by Crippen LogP contribution is -2.48. The van der Waals surface area contributed by atoms with Gasteiger partial charge in [-0.25, -0.2) is 9.97 Å². The van der Waals surface area contributed by atoms with Crippen molar-refractivity contribution in [3.63, 3.8) is 0 Å². The number of ether oxygens (including phenoxy) is 1. The highest BCUT2D eigenvalue weighted by Crippen LogP contribution is 2.47. The number of piperidine rings is 1. The van der Waals surface area contributed by atoms with Crippen molar-refractivity contribution in [1.29, 1.82) is 0 Å². The van der Waals surface area contributed by atoms with Crippen molar-refractivity contribution in [2.24, 2.45) is 22.6 Å². The number of rotatable bonds is 7. The summed E-state index contributed by atoms with van der Waals surface area (Å²) in [5.74, 6) is 0.473. The second-order valence-corrected chi connectivity index (χ2v) is 8.73. The van der Waals surface area contributed by atoms with Crippen LogP contribution in [0.4, 0.5) is 13.2 Å². The zero-order chi connectivity index (χ0) is 25.2. The van der Waals surface area contributed by atoms with Gasteiger partial charge in [0.1, 0.15) is 18.0 Å². The van der Waals surface area contributed by atoms with Crippen LogP contribution < -0.4 is 10.5 Å². The van der Waals surface area contributed by atoms with Gasteiger partial charge in [0.2, 0.25) is 5.88 Å². The van der Waals surface area contributed by atoms with Crippen LogP contribution in [0.3, 0.4) is 0 Å². The van der Waals surface area contributed by atoms with Gasteiger partial charge in [0.15, 0.2) is 0 Å². The lowest BCUT2D eigenvalue weighted by atomic mass is 10.0. The van der Waals surface area contributed by atoms with Crippen molar-refractivity contribution in [2.75, 3.05) is 13.2 Å². The molecule has 2 fully saturated rings. The van der Waals surface area contributed by atoms with Crippen molar-refractivity contribution in [2.45, 2.75) is 32.0 Å². The van der Waals surface area contributed by atoms with E-state index in [4.69, 9.17) is 10.5 Å². The lowest BCUT2D eigenvalue weighted by molar-refractivity contribution is -0.141. The van der Waals surface area contributed by atoms with Crippen LogP contribution in [-0.4, -0.2) is 46.2 Å². The molecule has 184 valence electrons. The highest BCUT2D eigenvalue weighted by Gasteiger charge is 2.48. The van der Waals surface area contributed by atoms with Gasteiger partial charge in [0.25, 0.3) is 5.91 Å². The smallest absolute Gasteiger partial charge is 0.433 e. The molecule has 1 amide bonds. The normalized spacial score (nSPS) is 21.8. The van der Waals surface area contributed by atoms with E-state index in [2.05, 4.69) is 21.5 Å². The fraction of sp³-hybridized carbons (Fsp3) is 0.360. The van der Waals surface area contributed by atoms with Gasteiger partial charge in [0, 0.05) is 30.1 Å². The third-order valence-electron chi connectivity index (χ3n) is 6.19. The molecule has 1 aliphatic heterocycles. The first kappa shape index (κ1) is 24.4. The molecule has 4 rings (SSSR count). The molecule has 35 heavy (non-hydrogen) atoms. The fourth-order valence-corrected chi connectivity index (χ4v) is 4.28. The molecule has 1 saturated heterocycles. The van der Waals surface area contributed by atoms with Crippen LogP contribution in [0.5, 0.6) is 5.88 Å². The van der Waals surface area contributed by atoms with Gasteiger partial charge in [-0.05, 0) is 62.1 Å². The molecule has 1 unspecified atom stereocenters. The summed E-state index contributed by atoms with van der Waals surface area (Å²) in [7, 11) is 0. The first-order chi connectivity index (χ1) is 16.7. The zero-order valence-corrected chi connectivity index (χ0v) is 19.2. The van der Waals surface area contributed by atoms with Gasteiger partial charge < -0.3 is 15.4 Å². The maximum Gasteiger partial charge on any atom is 0.433 e. The lowest BCUT2D eigenvalue weighted by Gasteiger charge is -2.35. The van der Waals surface area contributed by atoms with Crippen LogP contribution in [0.15, 0.2) is 54.2 Å². The topological polar surface area (TPSA) is 93.7 Å². The maximum absolute atomic E-state index is 13.7. The number of hydrogen-bond donors (Lipinski definition) is 1. The molecule has 0 radical (unpaired) electrons. The molecule has 0 spiro atoms. The summed E-state index contributed by atoms with van der Waals surface area (Å²) in [6.07, 6.45) is 1.51. The number of alkyl halides is 3. The van der Waals surface area contributed by atoms with E-state index in [1.807, 2.05) is 0 Å². The van der Waals surface area contributed by atoms with E-state index in [0.717, 1.165) is 12.5 Å². The molecule has 2 N–H and O–H groups in total. The number of hydrogen-bond acceptors (Lipinski definition) is 6. The third kappa shape index (κ3) is 5.70. The molecule has 10 heteroatoms. The fourth-order valence-electron chi connectivity index (χ4n) is 4.28. The number of aryl methyl sites for hydroxylation is 1. The molecule has 2 aliphatic rings. The number of carbonyl (C=O) groups is 1. The number of aliphatic imine (C=N–C) groups is 1. The highest BCUT2D eigenvalue weighted by molar-refractivity contribution is 5.98. The van der Waals surface area contributed by atoms with Gasteiger partial charge in [-0.15, -0.1) is 0 Å². The van der Waals surface area contributed by atoms with Crippen LogP contribution >= 0.6 is 0 Å². The minimum absolute atomic E-state index is 0.0326. The predicted octanol–water partition coefficient (Wildman–Crippen LogP) is 4.25. The molecule has 1 aliphatic carbocycles. The second kappa shape index (κ2) is 9.89. The monoisotopic (exact) mass is 485 g/mol. The first-order valence-electron chi connectivity index (χ1n) is 11.2. The molecular weight excluding hydrogens is 459 g/mol. The largest absolute Gasteiger partial charge is 0.475 e. The molecule has 0 aromatic carbocycles. The zero-order valence-electron chi connectivity index (χ0n) is 19.2. The number of fused-ring (bicyclic) bond motifs is 1. The highest BCUT2D eigenvalue weighted by atomic mass is 19.4. The Balaban J connectivity index is 1.56. The number of pyridine rings is 2. The van der Waals surface area contributed by atoms with Gasteiger partial charge >= 0.3 is 6.18 Å². The predicted molar refractivity (Wildman–Crippen MR) is 126 cm³/mol. The van der Waals surface area contributed by atoms with Gasteiger partial charge in [-0.1, -0.05) is 12.6 Å². The summed E-state index contributed by atoms with van der Waals surface area (Å²) in [6, 6.07) is 6.72. The summed E-state index contributed by atoms with van der Waals surface area (Å²) >= 11 is 0. The van der Waals surface area contributed by atoms with Gasteiger partial charge in [0.05, 0.1) is 11.7 Å². The van der Waals surface area contributed by atoms with E-state index >= 15 is 0 Å². The standard InChI is InChI=1S/C25H26F3N5O2/c1-15-7-8-20(16(2)30-10-4-9-29)23(31-15)24(34)33-13-18-11-17(18)12-19(33)14-35-22-6-3-5-21(32-22)25(26,27)28/h3-10,17-19H,2,11-14,29H2,1H3/b9-4-,30-10?/t17-,18+,19?/m1/s1. The van der Waals surface area contributed by atoms with Crippen molar-refractivity contribution < 1.29 is 22.7 Å². The Morgan fingerprint density at radius 2 is 2.06 bits per heavy atom. The van der Waals surface area contributed by atoms with Crippen LogP contribution in [0.2, 0.25) is 0 Å². The summed E-state index contributed by atoms with van der Waals surface area (Å²) in [5.41, 5.74) is 6.07. The summed E-state index contributed by atoms with van der Waals surface area (Å²) in [4.78, 5) is 27.7. The number of amides is 1. The Hall–Kier alpha value is -3.69. The number of aromatic nitrogens is 2. The summed E-state index contributed by atoms with van der Waals surface area (Å²) < 4.78 is 44.7. The van der Waals surface area contributed by atoms with Crippen molar-refractivity contribution in [1.82, 2.24) is 14.9 Å². The second-order valence-electron chi connectivity index (χ2n) is 8.73.